The average molecular weight is 322 g/mol. The van der Waals surface area contributed by atoms with Crippen molar-refractivity contribution in [3.8, 4) is 0 Å². The lowest BCUT2D eigenvalue weighted by Crippen LogP contribution is -2.44. The molecular weight excluding hydrogens is 302 g/mol. The number of nitrogens with zero attached hydrogens (tertiary/aromatic N) is 2. The van der Waals surface area contributed by atoms with Crippen LogP contribution in [0.3, 0.4) is 0 Å². The zero-order chi connectivity index (χ0) is 16.4. The van der Waals surface area contributed by atoms with Gasteiger partial charge >= 0.3 is 0 Å². The van der Waals surface area contributed by atoms with Gasteiger partial charge in [-0.25, -0.2) is 8.78 Å². The van der Waals surface area contributed by atoms with Crippen LogP contribution in [0, 0.1) is 17.6 Å². The lowest BCUT2D eigenvalue weighted by Gasteiger charge is -2.33. The van der Waals surface area contributed by atoms with Crippen molar-refractivity contribution in [3.05, 3.63) is 35.4 Å². The summed E-state index contributed by atoms with van der Waals surface area (Å²) in [5.41, 5.74) is -0.115. The Bertz CT molecular complexity index is 607. The van der Waals surface area contributed by atoms with E-state index in [4.69, 9.17) is 0 Å². The highest BCUT2D eigenvalue weighted by Crippen LogP contribution is 2.23. The van der Waals surface area contributed by atoms with Crippen molar-refractivity contribution in [3.63, 3.8) is 0 Å². The van der Waals surface area contributed by atoms with Gasteiger partial charge in [-0.3, -0.25) is 9.59 Å². The van der Waals surface area contributed by atoms with E-state index in [1.807, 2.05) is 4.90 Å². The van der Waals surface area contributed by atoms with Crippen LogP contribution in [-0.4, -0.2) is 47.8 Å². The third-order valence-electron chi connectivity index (χ3n) is 4.71. The number of likely N-dealkylation sites (tertiary alicyclic amines) is 2. The number of carbonyl (C=O) groups is 2. The molecule has 0 atom stereocenters. The molecular formula is C17H20F2N2O2. The quantitative estimate of drug-likeness (QED) is 0.839. The van der Waals surface area contributed by atoms with E-state index in [0.717, 1.165) is 38.1 Å². The van der Waals surface area contributed by atoms with Gasteiger partial charge in [0.25, 0.3) is 5.91 Å². The van der Waals surface area contributed by atoms with Crippen LogP contribution in [0.25, 0.3) is 0 Å². The van der Waals surface area contributed by atoms with E-state index in [2.05, 4.69) is 0 Å². The molecule has 0 bridgehead atoms. The Balaban J connectivity index is 1.60. The maximum absolute atomic E-state index is 13.7. The molecule has 1 aromatic carbocycles. The van der Waals surface area contributed by atoms with E-state index in [1.165, 1.54) is 6.07 Å². The summed E-state index contributed by atoms with van der Waals surface area (Å²) < 4.78 is 26.7. The third kappa shape index (κ3) is 3.35. The maximum atomic E-state index is 13.7. The number of rotatable bonds is 2. The minimum Gasteiger partial charge on any atom is -0.342 e. The molecule has 2 saturated heterocycles. The number of halogens is 2. The van der Waals surface area contributed by atoms with Crippen LogP contribution in [0.15, 0.2) is 18.2 Å². The van der Waals surface area contributed by atoms with Crippen LogP contribution in [0.2, 0.25) is 0 Å². The van der Waals surface area contributed by atoms with Crippen LogP contribution in [0.5, 0.6) is 0 Å². The van der Waals surface area contributed by atoms with E-state index in [-0.39, 0.29) is 17.4 Å². The number of piperidine rings is 1. The Hall–Kier alpha value is -1.98. The van der Waals surface area contributed by atoms with Gasteiger partial charge in [-0.15, -0.1) is 0 Å². The fourth-order valence-corrected chi connectivity index (χ4v) is 3.36. The summed E-state index contributed by atoms with van der Waals surface area (Å²) in [6, 6.07) is 2.98. The second-order valence-corrected chi connectivity index (χ2v) is 6.22. The predicted octanol–water partition coefficient (Wildman–Crippen LogP) is 2.44. The number of benzene rings is 1. The topological polar surface area (TPSA) is 40.6 Å². The summed E-state index contributed by atoms with van der Waals surface area (Å²) in [5, 5.41) is 0. The van der Waals surface area contributed by atoms with Crippen LogP contribution < -0.4 is 0 Å². The average Bonchev–Trinajstić information content (AvgIpc) is 3.08. The van der Waals surface area contributed by atoms with E-state index >= 15 is 0 Å². The number of hydrogen-bond acceptors (Lipinski definition) is 2. The van der Waals surface area contributed by atoms with Crippen molar-refractivity contribution in [2.75, 3.05) is 26.2 Å². The molecule has 0 aromatic heterocycles. The van der Waals surface area contributed by atoms with Crippen molar-refractivity contribution in [1.29, 1.82) is 0 Å². The molecule has 2 heterocycles. The van der Waals surface area contributed by atoms with Crippen LogP contribution in [-0.2, 0) is 4.79 Å². The smallest absolute Gasteiger partial charge is 0.256 e. The first-order valence-electron chi connectivity index (χ1n) is 8.09. The molecule has 124 valence electrons. The minimum absolute atomic E-state index is 0.0461. The van der Waals surface area contributed by atoms with E-state index in [9.17, 15) is 18.4 Å². The number of amides is 2. The Kier molecular flexibility index (Phi) is 4.59. The molecule has 1 aromatic rings. The molecule has 4 nitrogen and oxygen atoms in total. The van der Waals surface area contributed by atoms with Crippen molar-refractivity contribution in [2.24, 2.45) is 5.92 Å². The van der Waals surface area contributed by atoms with Crippen molar-refractivity contribution >= 4 is 11.8 Å². The predicted molar refractivity (Wildman–Crippen MR) is 80.8 cm³/mol. The Morgan fingerprint density at radius 2 is 1.61 bits per heavy atom. The normalized spacial score (nSPS) is 19.2. The summed E-state index contributed by atoms with van der Waals surface area (Å²) in [6.07, 6.45) is 3.33. The maximum Gasteiger partial charge on any atom is 0.256 e. The Morgan fingerprint density at radius 3 is 2.22 bits per heavy atom. The monoisotopic (exact) mass is 322 g/mol. The van der Waals surface area contributed by atoms with Gasteiger partial charge in [0.2, 0.25) is 5.91 Å². The van der Waals surface area contributed by atoms with E-state index in [0.29, 0.717) is 25.9 Å². The zero-order valence-electron chi connectivity index (χ0n) is 12.9. The lowest BCUT2D eigenvalue weighted by molar-refractivity contribution is -0.135. The lowest BCUT2D eigenvalue weighted by atomic mass is 9.95. The molecule has 6 heteroatoms. The molecule has 0 spiro atoms. The van der Waals surface area contributed by atoms with Crippen LogP contribution >= 0.6 is 0 Å². The highest BCUT2D eigenvalue weighted by Gasteiger charge is 2.32. The molecule has 0 radical (unpaired) electrons. The van der Waals surface area contributed by atoms with E-state index in [1.54, 1.807) is 4.90 Å². The van der Waals surface area contributed by atoms with Crippen LogP contribution in [0.4, 0.5) is 8.78 Å². The second-order valence-electron chi connectivity index (χ2n) is 6.22. The SMILES string of the molecule is O=C(c1ccc(F)cc1F)N1CCC(C(=O)N2CCCC2)CC1. The molecule has 2 aliphatic rings. The number of hydrogen-bond donors (Lipinski definition) is 0. The molecule has 3 rings (SSSR count). The molecule has 0 aliphatic carbocycles. The minimum atomic E-state index is -0.842. The van der Waals surface area contributed by atoms with Gasteiger partial charge in [-0.2, -0.15) is 0 Å². The van der Waals surface area contributed by atoms with Crippen molar-refractivity contribution in [1.82, 2.24) is 9.80 Å². The van der Waals surface area contributed by atoms with Gasteiger partial charge in [0.1, 0.15) is 11.6 Å². The first kappa shape index (κ1) is 15.9. The molecule has 2 aliphatic heterocycles. The van der Waals surface area contributed by atoms with Gasteiger partial charge in [0.05, 0.1) is 5.56 Å². The van der Waals surface area contributed by atoms with Gasteiger partial charge < -0.3 is 9.80 Å². The van der Waals surface area contributed by atoms with Gasteiger partial charge in [-0.1, -0.05) is 0 Å². The highest BCUT2D eigenvalue weighted by atomic mass is 19.1. The van der Waals surface area contributed by atoms with Crippen molar-refractivity contribution < 1.29 is 18.4 Å². The number of carbonyl (C=O) groups excluding carboxylic acids is 2. The fraction of sp³-hybridized carbons (Fsp3) is 0.529. The molecule has 23 heavy (non-hydrogen) atoms. The first-order chi connectivity index (χ1) is 11.1. The summed E-state index contributed by atoms with van der Waals surface area (Å²) >= 11 is 0. The Labute approximate surface area is 134 Å². The standard InChI is InChI=1S/C17H20F2N2O2/c18-13-3-4-14(15(19)11-13)17(23)21-9-5-12(6-10-21)16(22)20-7-1-2-8-20/h3-4,11-12H,1-2,5-10H2. The Morgan fingerprint density at radius 1 is 0.957 bits per heavy atom. The van der Waals surface area contributed by atoms with E-state index < -0.39 is 17.5 Å². The van der Waals surface area contributed by atoms with Crippen LogP contribution in [0.1, 0.15) is 36.0 Å². The summed E-state index contributed by atoms with van der Waals surface area (Å²) in [6.45, 7) is 2.53. The second kappa shape index (κ2) is 6.64. The fourth-order valence-electron chi connectivity index (χ4n) is 3.36. The zero-order valence-corrected chi connectivity index (χ0v) is 12.9. The largest absolute Gasteiger partial charge is 0.342 e. The first-order valence-corrected chi connectivity index (χ1v) is 8.09. The molecule has 0 N–H and O–H groups in total. The summed E-state index contributed by atoms with van der Waals surface area (Å²) in [5.74, 6) is -1.84. The van der Waals surface area contributed by atoms with Gasteiger partial charge in [0, 0.05) is 38.2 Å². The van der Waals surface area contributed by atoms with Gasteiger partial charge in [-0.05, 0) is 37.8 Å². The van der Waals surface area contributed by atoms with Gasteiger partial charge in [0.15, 0.2) is 0 Å². The summed E-state index contributed by atoms with van der Waals surface area (Å²) in [4.78, 5) is 28.1. The molecule has 0 unspecified atom stereocenters. The highest BCUT2D eigenvalue weighted by molar-refractivity contribution is 5.94. The molecule has 2 fully saturated rings. The van der Waals surface area contributed by atoms with Crippen molar-refractivity contribution in [2.45, 2.75) is 25.7 Å². The molecule has 0 saturated carbocycles. The summed E-state index contributed by atoms with van der Waals surface area (Å²) in [7, 11) is 0. The molecule has 2 amide bonds. The third-order valence-corrected chi connectivity index (χ3v) is 4.71.